The highest BCUT2D eigenvalue weighted by atomic mass is 19.1. The summed E-state index contributed by atoms with van der Waals surface area (Å²) in [6.45, 7) is 6.11. The van der Waals surface area contributed by atoms with Gasteiger partial charge in [-0.1, -0.05) is 24.8 Å². The maximum atomic E-state index is 14.0. The van der Waals surface area contributed by atoms with Crippen molar-refractivity contribution < 1.29 is 9.18 Å². The van der Waals surface area contributed by atoms with Gasteiger partial charge in [0.2, 0.25) is 0 Å². The number of allylic oxidation sites excluding steroid dienone is 4. The topological polar surface area (TPSA) is 84.5 Å². The summed E-state index contributed by atoms with van der Waals surface area (Å²) in [4.78, 5) is 32.2. The number of anilines is 1. The largest absolute Gasteiger partial charge is 0.349 e. The number of hydrogen-bond acceptors (Lipinski definition) is 5. The number of aryl methyl sites for hydroxylation is 1. The van der Waals surface area contributed by atoms with Gasteiger partial charge in [-0.15, -0.1) is 0 Å². The number of hydrogen-bond donors (Lipinski definition) is 1. The van der Waals surface area contributed by atoms with Gasteiger partial charge in [-0.2, -0.15) is 5.10 Å². The van der Waals surface area contributed by atoms with E-state index in [0.717, 1.165) is 6.42 Å². The maximum Gasteiger partial charge on any atom is 0.261 e. The molecule has 170 valence electrons. The summed E-state index contributed by atoms with van der Waals surface area (Å²) < 4.78 is 16.8. The van der Waals surface area contributed by atoms with Crippen LogP contribution < -0.4 is 15.8 Å². The molecule has 1 saturated heterocycles. The van der Waals surface area contributed by atoms with Crippen molar-refractivity contribution in [3.8, 4) is 0 Å². The van der Waals surface area contributed by atoms with Crippen molar-refractivity contribution in [3.05, 3.63) is 94.6 Å². The van der Waals surface area contributed by atoms with E-state index in [2.05, 4.69) is 17.0 Å². The van der Waals surface area contributed by atoms with Gasteiger partial charge in [-0.25, -0.2) is 13.9 Å². The highest BCUT2D eigenvalue weighted by Gasteiger charge is 2.30. The van der Waals surface area contributed by atoms with E-state index >= 15 is 0 Å². The third kappa shape index (κ3) is 4.34. The average molecular weight is 449 g/mol. The van der Waals surface area contributed by atoms with Gasteiger partial charge in [0.1, 0.15) is 17.2 Å². The zero-order valence-corrected chi connectivity index (χ0v) is 18.5. The highest BCUT2D eigenvalue weighted by Crippen LogP contribution is 2.34. The molecule has 0 bridgehead atoms. The summed E-state index contributed by atoms with van der Waals surface area (Å²) in [5.74, 6) is -0.195. The van der Waals surface area contributed by atoms with Gasteiger partial charge in [-0.3, -0.25) is 9.59 Å². The van der Waals surface area contributed by atoms with Gasteiger partial charge in [0.25, 0.3) is 11.5 Å². The molecule has 1 atom stereocenters. The van der Waals surface area contributed by atoms with Crippen molar-refractivity contribution >= 4 is 17.4 Å². The molecule has 1 unspecified atom stereocenters. The second kappa shape index (κ2) is 9.23. The van der Waals surface area contributed by atoms with Crippen LogP contribution in [0.15, 0.2) is 72.1 Å². The van der Waals surface area contributed by atoms with Crippen molar-refractivity contribution in [2.75, 3.05) is 11.4 Å². The highest BCUT2D eigenvalue weighted by molar-refractivity contribution is 6.00. The van der Waals surface area contributed by atoms with Crippen LogP contribution in [0.5, 0.6) is 0 Å². The first-order chi connectivity index (χ1) is 15.9. The minimum Gasteiger partial charge on any atom is -0.349 e. The Morgan fingerprint density at radius 2 is 2.21 bits per heavy atom. The first-order valence-electron chi connectivity index (χ1n) is 10.7. The molecular formula is C24H25FN6O2. The summed E-state index contributed by atoms with van der Waals surface area (Å²) in [5.41, 5.74) is 1.50. The molecule has 4 heterocycles. The van der Waals surface area contributed by atoms with Crippen LogP contribution in [-0.2, 0) is 7.05 Å². The van der Waals surface area contributed by atoms with E-state index in [0.29, 0.717) is 41.3 Å². The van der Waals surface area contributed by atoms with Gasteiger partial charge in [0, 0.05) is 37.2 Å². The zero-order chi connectivity index (χ0) is 23.5. The predicted molar refractivity (Wildman–Crippen MR) is 125 cm³/mol. The SMILES string of the molecule is C=CC=CC(=CC)NC(=O)c1cnn2ccc(N3CCCC3c3cc(F)cn(C)c3=O)nc12. The van der Waals surface area contributed by atoms with Gasteiger partial charge >= 0.3 is 0 Å². The molecule has 9 heteroatoms. The van der Waals surface area contributed by atoms with E-state index in [9.17, 15) is 14.0 Å². The molecule has 8 nitrogen and oxygen atoms in total. The fourth-order valence-electron chi connectivity index (χ4n) is 4.06. The van der Waals surface area contributed by atoms with E-state index < -0.39 is 5.82 Å². The van der Waals surface area contributed by atoms with E-state index in [-0.39, 0.29) is 17.5 Å². The van der Waals surface area contributed by atoms with Crippen LogP contribution in [0.3, 0.4) is 0 Å². The van der Waals surface area contributed by atoms with E-state index in [4.69, 9.17) is 4.98 Å². The summed E-state index contributed by atoms with van der Waals surface area (Å²) in [7, 11) is 1.54. The second-order valence-electron chi connectivity index (χ2n) is 7.79. The number of carbonyl (C=O) groups excluding carboxylic acids is 1. The van der Waals surface area contributed by atoms with Crippen LogP contribution in [-0.4, -0.2) is 31.6 Å². The van der Waals surface area contributed by atoms with Crippen LogP contribution in [0, 0.1) is 5.82 Å². The monoisotopic (exact) mass is 448 g/mol. The number of halogens is 1. The van der Waals surface area contributed by atoms with Crippen LogP contribution >= 0.6 is 0 Å². The molecule has 33 heavy (non-hydrogen) atoms. The molecule has 0 spiro atoms. The number of rotatable bonds is 6. The number of amides is 1. The Balaban J connectivity index is 1.68. The Morgan fingerprint density at radius 1 is 1.39 bits per heavy atom. The van der Waals surface area contributed by atoms with E-state index in [1.807, 2.05) is 11.8 Å². The minimum absolute atomic E-state index is 0.231. The molecule has 0 aromatic carbocycles. The Bertz CT molecular complexity index is 1340. The quantitative estimate of drug-likeness (QED) is 0.585. The molecule has 1 N–H and O–H groups in total. The Labute approximate surface area is 190 Å². The lowest BCUT2D eigenvalue weighted by Gasteiger charge is -2.26. The third-order valence-electron chi connectivity index (χ3n) is 5.66. The van der Waals surface area contributed by atoms with Gasteiger partial charge < -0.3 is 14.8 Å². The van der Waals surface area contributed by atoms with Crippen LogP contribution in [0.1, 0.15) is 41.7 Å². The molecule has 1 amide bonds. The Kier molecular flexibility index (Phi) is 6.21. The molecule has 1 aliphatic heterocycles. The Hall–Kier alpha value is -4.01. The number of pyridine rings is 1. The molecular weight excluding hydrogens is 423 g/mol. The summed E-state index contributed by atoms with van der Waals surface area (Å²) in [6, 6.07) is 2.79. The molecule has 0 saturated carbocycles. The van der Waals surface area contributed by atoms with Crippen molar-refractivity contribution in [2.45, 2.75) is 25.8 Å². The molecule has 1 fully saturated rings. The number of fused-ring (bicyclic) bond motifs is 1. The predicted octanol–water partition coefficient (Wildman–Crippen LogP) is 3.28. The third-order valence-corrected chi connectivity index (χ3v) is 5.66. The smallest absolute Gasteiger partial charge is 0.261 e. The van der Waals surface area contributed by atoms with Crippen LogP contribution in [0.4, 0.5) is 10.2 Å². The van der Waals surface area contributed by atoms with Crippen molar-refractivity contribution in [2.24, 2.45) is 7.05 Å². The standard InChI is InChI=1S/C24H25FN6O2/c1-4-6-8-17(5-2)27-23(32)19-14-26-31-12-10-21(28-22(19)31)30-11-7-9-20(30)18-13-16(25)15-29(3)24(18)33/h4-6,8,10,12-15,20H,1,7,9,11H2,2-3H3,(H,27,32). The number of nitrogens with zero attached hydrogens (tertiary/aromatic N) is 5. The summed E-state index contributed by atoms with van der Waals surface area (Å²) >= 11 is 0. The van der Waals surface area contributed by atoms with Crippen molar-refractivity contribution in [1.29, 1.82) is 0 Å². The van der Waals surface area contributed by atoms with Crippen LogP contribution in [0.2, 0.25) is 0 Å². The maximum absolute atomic E-state index is 14.0. The van der Waals surface area contributed by atoms with Gasteiger partial charge in [0.05, 0.1) is 12.2 Å². The average Bonchev–Trinajstić information content (AvgIpc) is 3.45. The fraction of sp³-hybridized carbons (Fsp3) is 0.250. The van der Waals surface area contributed by atoms with Crippen LogP contribution in [0.25, 0.3) is 5.65 Å². The molecule has 1 aliphatic rings. The molecule has 3 aromatic heterocycles. The number of aromatic nitrogens is 4. The molecule has 0 radical (unpaired) electrons. The second-order valence-corrected chi connectivity index (χ2v) is 7.79. The van der Waals surface area contributed by atoms with Crippen molar-refractivity contribution in [1.82, 2.24) is 24.5 Å². The minimum atomic E-state index is -0.456. The lowest BCUT2D eigenvalue weighted by molar-refractivity contribution is 0.0968. The molecule has 4 rings (SSSR count). The lowest BCUT2D eigenvalue weighted by atomic mass is 10.1. The summed E-state index contributed by atoms with van der Waals surface area (Å²) in [5, 5.41) is 7.07. The number of nitrogens with one attached hydrogen (secondary N) is 1. The van der Waals surface area contributed by atoms with Gasteiger partial charge in [-0.05, 0) is 38.0 Å². The van der Waals surface area contributed by atoms with Gasteiger partial charge in [0.15, 0.2) is 5.65 Å². The lowest BCUT2D eigenvalue weighted by Crippen LogP contribution is -2.31. The molecule has 0 aliphatic carbocycles. The van der Waals surface area contributed by atoms with Crippen molar-refractivity contribution in [3.63, 3.8) is 0 Å². The fourth-order valence-corrected chi connectivity index (χ4v) is 4.06. The van der Waals surface area contributed by atoms with E-state index in [1.165, 1.54) is 27.5 Å². The zero-order valence-electron chi connectivity index (χ0n) is 18.5. The summed E-state index contributed by atoms with van der Waals surface area (Å²) in [6.07, 6.45) is 12.8. The number of carbonyl (C=O) groups is 1. The first kappa shape index (κ1) is 22.2. The first-order valence-corrected chi connectivity index (χ1v) is 10.7. The molecule has 3 aromatic rings. The van der Waals surface area contributed by atoms with E-state index in [1.54, 1.807) is 43.6 Å². The normalized spacial score (nSPS) is 16.6. The Morgan fingerprint density at radius 3 is 2.97 bits per heavy atom.